The van der Waals surface area contributed by atoms with E-state index in [1.165, 1.54) is 6.07 Å². The lowest BCUT2D eigenvalue weighted by Gasteiger charge is -2.13. The van der Waals surface area contributed by atoms with Crippen LogP contribution in [0.3, 0.4) is 0 Å². The summed E-state index contributed by atoms with van der Waals surface area (Å²) in [6.45, 7) is 2.30. The molecule has 1 N–H and O–H groups in total. The van der Waals surface area contributed by atoms with Gasteiger partial charge in [0.2, 0.25) is 0 Å². The van der Waals surface area contributed by atoms with Gasteiger partial charge in [-0.1, -0.05) is 11.6 Å². The van der Waals surface area contributed by atoms with Gasteiger partial charge in [-0.05, 0) is 44.1 Å². The molecular weight excluding hydrogens is 305 g/mol. The van der Waals surface area contributed by atoms with Crippen molar-refractivity contribution in [3.05, 3.63) is 34.3 Å². The Bertz CT molecular complexity index is 533. The molecule has 0 spiro atoms. The van der Waals surface area contributed by atoms with Crippen molar-refractivity contribution in [2.24, 2.45) is 5.92 Å². The first-order valence-corrected chi connectivity index (χ1v) is 6.98. The van der Waals surface area contributed by atoms with E-state index < -0.39 is 17.6 Å². The van der Waals surface area contributed by atoms with Crippen LogP contribution in [0.1, 0.15) is 22.3 Å². The molecule has 0 radical (unpaired) electrons. The molecule has 7 heteroatoms. The molecule has 3 nitrogen and oxygen atoms in total. The average molecular weight is 321 g/mol. The van der Waals surface area contributed by atoms with Crippen molar-refractivity contribution in [1.29, 1.82) is 0 Å². The van der Waals surface area contributed by atoms with E-state index >= 15 is 0 Å². The first kappa shape index (κ1) is 16.1. The minimum Gasteiger partial charge on any atom is -0.352 e. The second-order valence-corrected chi connectivity index (χ2v) is 5.79. The summed E-state index contributed by atoms with van der Waals surface area (Å²) in [7, 11) is 1.99. The van der Waals surface area contributed by atoms with E-state index in [1.807, 2.05) is 7.05 Å². The number of hydrogen-bond acceptors (Lipinski definition) is 2. The molecule has 1 aliphatic heterocycles. The lowest BCUT2D eigenvalue weighted by atomic mass is 10.1. The van der Waals surface area contributed by atoms with E-state index in [0.717, 1.165) is 31.6 Å². The molecule has 1 amide bonds. The normalized spacial score (nSPS) is 19.8. The highest BCUT2D eigenvalue weighted by Gasteiger charge is 2.31. The Morgan fingerprint density at radius 3 is 2.71 bits per heavy atom. The molecule has 1 aromatic rings. The first-order valence-electron chi connectivity index (χ1n) is 6.60. The molecule has 1 heterocycles. The van der Waals surface area contributed by atoms with Gasteiger partial charge >= 0.3 is 6.18 Å². The van der Waals surface area contributed by atoms with Crippen LogP contribution in [0.4, 0.5) is 13.2 Å². The van der Waals surface area contributed by atoms with Gasteiger partial charge in [-0.15, -0.1) is 0 Å². The summed E-state index contributed by atoms with van der Waals surface area (Å²) < 4.78 is 38.1. The summed E-state index contributed by atoms with van der Waals surface area (Å²) in [5, 5.41) is 2.57. The second-order valence-electron chi connectivity index (χ2n) is 5.35. The third kappa shape index (κ3) is 4.35. The zero-order valence-corrected chi connectivity index (χ0v) is 12.3. The Labute approximate surface area is 126 Å². The molecule has 0 saturated carbocycles. The van der Waals surface area contributed by atoms with Crippen molar-refractivity contribution in [2.45, 2.75) is 12.6 Å². The zero-order valence-electron chi connectivity index (χ0n) is 11.5. The number of amides is 1. The van der Waals surface area contributed by atoms with Crippen molar-refractivity contribution >= 4 is 17.5 Å². The Morgan fingerprint density at radius 2 is 2.14 bits per heavy atom. The molecule has 1 aliphatic rings. The van der Waals surface area contributed by atoms with Crippen LogP contribution in [0.2, 0.25) is 5.02 Å². The lowest BCUT2D eigenvalue weighted by molar-refractivity contribution is -0.137. The molecule has 1 fully saturated rings. The summed E-state index contributed by atoms with van der Waals surface area (Å²) in [5.41, 5.74) is -0.984. The zero-order chi connectivity index (χ0) is 15.6. The number of carbonyl (C=O) groups is 1. The van der Waals surface area contributed by atoms with E-state index in [9.17, 15) is 18.0 Å². The second kappa shape index (κ2) is 6.23. The van der Waals surface area contributed by atoms with E-state index in [4.69, 9.17) is 11.6 Å². The van der Waals surface area contributed by atoms with Crippen molar-refractivity contribution in [3.63, 3.8) is 0 Å². The summed E-state index contributed by atoms with van der Waals surface area (Å²) >= 11 is 5.66. The molecule has 116 valence electrons. The van der Waals surface area contributed by atoms with E-state index in [1.54, 1.807) is 0 Å². The number of carbonyl (C=O) groups excluding carboxylic acids is 1. The van der Waals surface area contributed by atoms with Crippen molar-refractivity contribution in [3.8, 4) is 0 Å². The van der Waals surface area contributed by atoms with Gasteiger partial charge in [-0.2, -0.15) is 13.2 Å². The maximum Gasteiger partial charge on any atom is 0.416 e. The highest BCUT2D eigenvalue weighted by atomic mass is 35.5. The Hall–Kier alpha value is -1.27. The van der Waals surface area contributed by atoms with Crippen LogP contribution in [0.5, 0.6) is 0 Å². The topological polar surface area (TPSA) is 32.3 Å². The summed E-state index contributed by atoms with van der Waals surface area (Å²) in [4.78, 5) is 14.1. The Kier molecular flexibility index (Phi) is 4.78. The third-order valence-electron chi connectivity index (χ3n) is 3.53. The van der Waals surface area contributed by atoms with Crippen LogP contribution in [-0.4, -0.2) is 37.5 Å². The van der Waals surface area contributed by atoms with Crippen LogP contribution < -0.4 is 5.32 Å². The number of nitrogens with one attached hydrogen (secondary N) is 1. The van der Waals surface area contributed by atoms with Gasteiger partial charge in [0.05, 0.1) is 5.56 Å². The molecule has 0 aliphatic carbocycles. The predicted octanol–water partition coefficient (Wildman–Crippen LogP) is 3.04. The van der Waals surface area contributed by atoms with Crippen molar-refractivity contribution in [1.82, 2.24) is 10.2 Å². The quantitative estimate of drug-likeness (QED) is 0.928. The predicted molar refractivity (Wildman–Crippen MR) is 74.4 cm³/mol. The minimum atomic E-state index is -4.52. The molecule has 0 aromatic heterocycles. The van der Waals surface area contributed by atoms with Crippen LogP contribution in [0, 0.1) is 5.92 Å². The Morgan fingerprint density at radius 1 is 1.43 bits per heavy atom. The largest absolute Gasteiger partial charge is 0.416 e. The maximum atomic E-state index is 12.7. The molecule has 1 atom stereocenters. The molecule has 1 saturated heterocycles. The Balaban J connectivity index is 2.03. The number of hydrogen-bond donors (Lipinski definition) is 1. The standard InChI is InChI=1S/C14H16ClF3N2O/c1-20-3-2-9(8-20)7-19-13(21)10-4-11(14(16,17)18)6-12(15)5-10/h4-6,9H,2-3,7-8H2,1H3,(H,19,21)/t9-/m0/s1. The highest BCUT2D eigenvalue weighted by Crippen LogP contribution is 2.31. The van der Waals surface area contributed by atoms with Gasteiger partial charge in [0.1, 0.15) is 0 Å². The fourth-order valence-electron chi connectivity index (χ4n) is 2.42. The number of alkyl halides is 3. The van der Waals surface area contributed by atoms with Gasteiger partial charge < -0.3 is 10.2 Å². The minimum absolute atomic E-state index is 0.0684. The number of halogens is 4. The first-order chi connectivity index (χ1) is 9.75. The maximum absolute atomic E-state index is 12.7. The molecule has 21 heavy (non-hydrogen) atoms. The van der Waals surface area contributed by atoms with Gasteiger partial charge in [0, 0.05) is 23.7 Å². The van der Waals surface area contributed by atoms with E-state index in [0.29, 0.717) is 12.5 Å². The van der Waals surface area contributed by atoms with Crippen LogP contribution in [0.15, 0.2) is 18.2 Å². The average Bonchev–Trinajstić information content (AvgIpc) is 2.80. The number of nitrogens with zero attached hydrogens (tertiary/aromatic N) is 1. The smallest absolute Gasteiger partial charge is 0.352 e. The van der Waals surface area contributed by atoms with Gasteiger partial charge in [-0.25, -0.2) is 0 Å². The van der Waals surface area contributed by atoms with Crippen molar-refractivity contribution in [2.75, 3.05) is 26.7 Å². The summed E-state index contributed by atoms with van der Waals surface area (Å²) in [5.74, 6) is -0.197. The molecule has 2 rings (SSSR count). The van der Waals surface area contributed by atoms with E-state index in [-0.39, 0.29) is 10.6 Å². The summed E-state index contributed by atoms with van der Waals surface area (Å²) in [6.07, 6.45) is -3.55. The molecular formula is C14H16ClF3N2O. The fraction of sp³-hybridized carbons (Fsp3) is 0.500. The summed E-state index contributed by atoms with van der Waals surface area (Å²) in [6, 6.07) is 2.87. The number of benzene rings is 1. The monoisotopic (exact) mass is 320 g/mol. The SMILES string of the molecule is CN1CC[C@@H](CNC(=O)c2cc(Cl)cc(C(F)(F)F)c2)C1. The molecule has 0 bridgehead atoms. The van der Waals surface area contributed by atoms with Gasteiger partial charge in [0.25, 0.3) is 5.91 Å². The van der Waals surface area contributed by atoms with Crippen LogP contribution >= 0.6 is 11.6 Å². The highest BCUT2D eigenvalue weighted by molar-refractivity contribution is 6.31. The number of likely N-dealkylation sites (tertiary alicyclic amines) is 1. The van der Waals surface area contributed by atoms with Gasteiger partial charge in [0.15, 0.2) is 0 Å². The molecule has 1 aromatic carbocycles. The molecule has 0 unspecified atom stereocenters. The lowest BCUT2D eigenvalue weighted by Crippen LogP contribution is -2.30. The fourth-order valence-corrected chi connectivity index (χ4v) is 2.65. The van der Waals surface area contributed by atoms with E-state index in [2.05, 4.69) is 10.2 Å². The van der Waals surface area contributed by atoms with Crippen LogP contribution in [-0.2, 0) is 6.18 Å². The van der Waals surface area contributed by atoms with Crippen LogP contribution in [0.25, 0.3) is 0 Å². The van der Waals surface area contributed by atoms with Crippen molar-refractivity contribution < 1.29 is 18.0 Å². The van der Waals surface area contributed by atoms with Gasteiger partial charge in [-0.3, -0.25) is 4.79 Å². The third-order valence-corrected chi connectivity index (χ3v) is 3.75. The number of rotatable bonds is 3.